The number of hydrogen-bond acceptors (Lipinski definition) is 2. The van der Waals surface area contributed by atoms with E-state index in [9.17, 15) is 0 Å². The molecule has 0 aromatic rings. The Morgan fingerprint density at radius 2 is 2.25 bits per heavy atom. The Hall–Kier alpha value is -0.630. The lowest BCUT2D eigenvalue weighted by molar-refractivity contribution is 0.0824. The van der Waals surface area contributed by atoms with E-state index in [1.807, 2.05) is 0 Å². The lowest BCUT2D eigenvalue weighted by atomic mass is 9.93. The molecule has 0 unspecified atom stereocenters. The van der Waals surface area contributed by atoms with Gasteiger partial charge in [-0.15, -0.1) is 0 Å². The SMILES string of the molecule is C=CN=C(CC)C1CCOCC1. The fourth-order valence-electron chi connectivity index (χ4n) is 1.63. The van der Waals surface area contributed by atoms with Gasteiger partial charge in [-0.1, -0.05) is 13.5 Å². The van der Waals surface area contributed by atoms with Crippen molar-refractivity contribution in [3.63, 3.8) is 0 Å². The first-order valence-electron chi connectivity index (χ1n) is 4.63. The third kappa shape index (κ3) is 2.45. The van der Waals surface area contributed by atoms with Gasteiger partial charge in [0.2, 0.25) is 0 Å². The van der Waals surface area contributed by atoms with Gasteiger partial charge in [-0.05, 0) is 19.3 Å². The summed E-state index contributed by atoms with van der Waals surface area (Å²) in [5.41, 5.74) is 1.29. The van der Waals surface area contributed by atoms with Gasteiger partial charge in [-0.3, -0.25) is 4.99 Å². The van der Waals surface area contributed by atoms with Crippen molar-refractivity contribution in [2.24, 2.45) is 10.9 Å². The minimum absolute atomic E-state index is 0.641. The molecule has 0 bridgehead atoms. The van der Waals surface area contributed by atoms with Crippen LogP contribution in [-0.4, -0.2) is 18.9 Å². The van der Waals surface area contributed by atoms with Crippen molar-refractivity contribution >= 4 is 5.71 Å². The summed E-state index contributed by atoms with van der Waals surface area (Å²) in [6, 6.07) is 0. The van der Waals surface area contributed by atoms with Crippen LogP contribution >= 0.6 is 0 Å². The zero-order chi connectivity index (χ0) is 8.81. The van der Waals surface area contributed by atoms with Crippen LogP contribution in [0.5, 0.6) is 0 Å². The van der Waals surface area contributed by atoms with Crippen molar-refractivity contribution in [2.75, 3.05) is 13.2 Å². The third-order valence-corrected chi connectivity index (χ3v) is 2.31. The van der Waals surface area contributed by atoms with Crippen LogP contribution in [0.3, 0.4) is 0 Å². The van der Waals surface area contributed by atoms with Gasteiger partial charge in [0.1, 0.15) is 0 Å². The number of rotatable bonds is 3. The minimum Gasteiger partial charge on any atom is -0.381 e. The Morgan fingerprint density at radius 1 is 1.58 bits per heavy atom. The molecule has 0 aromatic heterocycles. The van der Waals surface area contributed by atoms with Crippen LogP contribution in [0.25, 0.3) is 0 Å². The van der Waals surface area contributed by atoms with Crippen molar-refractivity contribution in [2.45, 2.75) is 26.2 Å². The molecule has 2 nitrogen and oxygen atoms in total. The number of hydrogen-bond donors (Lipinski definition) is 0. The average Bonchev–Trinajstić information content (AvgIpc) is 2.15. The predicted molar refractivity (Wildman–Crippen MR) is 51.5 cm³/mol. The topological polar surface area (TPSA) is 21.6 Å². The molecular formula is C10H17NO. The first-order chi connectivity index (χ1) is 5.88. The van der Waals surface area contributed by atoms with E-state index in [-0.39, 0.29) is 0 Å². The van der Waals surface area contributed by atoms with Crippen molar-refractivity contribution in [1.29, 1.82) is 0 Å². The highest BCUT2D eigenvalue weighted by Gasteiger charge is 2.17. The second kappa shape index (κ2) is 5.09. The van der Waals surface area contributed by atoms with Crippen LogP contribution in [0, 0.1) is 5.92 Å². The molecule has 1 fully saturated rings. The van der Waals surface area contributed by atoms with E-state index in [1.165, 1.54) is 5.71 Å². The highest BCUT2D eigenvalue weighted by atomic mass is 16.5. The van der Waals surface area contributed by atoms with Gasteiger partial charge in [0, 0.05) is 31.0 Å². The minimum atomic E-state index is 0.641. The maximum atomic E-state index is 5.29. The standard InChI is InChI=1S/C10H17NO/c1-3-10(11-4-2)9-5-7-12-8-6-9/h4,9H,2-3,5-8H2,1H3. The van der Waals surface area contributed by atoms with Crippen LogP contribution in [0.15, 0.2) is 17.8 Å². The van der Waals surface area contributed by atoms with Gasteiger partial charge in [0.25, 0.3) is 0 Å². The molecule has 0 atom stereocenters. The molecule has 1 rings (SSSR count). The highest BCUT2D eigenvalue weighted by molar-refractivity contribution is 5.87. The van der Waals surface area contributed by atoms with Gasteiger partial charge in [-0.2, -0.15) is 0 Å². The van der Waals surface area contributed by atoms with E-state index >= 15 is 0 Å². The number of nitrogens with zero attached hydrogens (tertiary/aromatic N) is 1. The largest absolute Gasteiger partial charge is 0.381 e. The van der Waals surface area contributed by atoms with E-state index in [0.717, 1.165) is 32.5 Å². The van der Waals surface area contributed by atoms with E-state index < -0.39 is 0 Å². The summed E-state index contributed by atoms with van der Waals surface area (Å²) < 4.78 is 5.29. The molecule has 12 heavy (non-hydrogen) atoms. The van der Waals surface area contributed by atoms with Crippen LogP contribution < -0.4 is 0 Å². The van der Waals surface area contributed by atoms with Gasteiger partial charge in [0.05, 0.1) is 0 Å². The van der Waals surface area contributed by atoms with E-state index in [0.29, 0.717) is 5.92 Å². The van der Waals surface area contributed by atoms with Gasteiger partial charge in [-0.25, -0.2) is 0 Å². The Balaban J connectivity index is 2.51. The molecule has 0 aliphatic carbocycles. The summed E-state index contributed by atoms with van der Waals surface area (Å²) in [5.74, 6) is 0.641. The molecule has 0 N–H and O–H groups in total. The molecule has 1 aliphatic heterocycles. The predicted octanol–water partition coefficient (Wildman–Crippen LogP) is 2.41. The fraction of sp³-hybridized carbons (Fsp3) is 0.700. The molecule has 2 heteroatoms. The Bertz CT molecular complexity index is 169. The first-order valence-corrected chi connectivity index (χ1v) is 4.63. The summed E-state index contributed by atoms with van der Waals surface area (Å²) in [5, 5.41) is 0. The lowest BCUT2D eigenvalue weighted by Crippen LogP contribution is -2.22. The first kappa shape index (κ1) is 9.46. The second-order valence-corrected chi connectivity index (χ2v) is 3.04. The molecule has 1 aliphatic rings. The second-order valence-electron chi connectivity index (χ2n) is 3.04. The quantitative estimate of drug-likeness (QED) is 0.591. The Morgan fingerprint density at radius 3 is 2.75 bits per heavy atom. The van der Waals surface area contributed by atoms with Crippen LogP contribution in [0.4, 0.5) is 0 Å². The molecule has 0 amide bonds. The fourth-order valence-corrected chi connectivity index (χ4v) is 1.63. The zero-order valence-electron chi connectivity index (χ0n) is 7.75. The van der Waals surface area contributed by atoms with E-state index in [2.05, 4.69) is 18.5 Å². The number of aliphatic imine (C=N–C) groups is 1. The van der Waals surface area contributed by atoms with E-state index in [1.54, 1.807) is 6.20 Å². The molecule has 0 aromatic carbocycles. The Kier molecular flexibility index (Phi) is 4.01. The summed E-state index contributed by atoms with van der Waals surface area (Å²) >= 11 is 0. The zero-order valence-corrected chi connectivity index (χ0v) is 7.75. The van der Waals surface area contributed by atoms with Crippen LogP contribution in [0.2, 0.25) is 0 Å². The maximum absolute atomic E-state index is 5.29. The molecule has 1 heterocycles. The average molecular weight is 167 g/mol. The lowest BCUT2D eigenvalue weighted by Gasteiger charge is -2.22. The summed E-state index contributed by atoms with van der Waals surface area (Å²) in [7, 11) is 0. The molecular weight excluding hydrogens is 150 g/mol. The van der Waals surface area contributed by atoms with Gasteiger partial charge < -0.3 is 4.74 Å². The highest BCUT2D eigenvalue weighted by Crippen LogP contribution is 2.18. The molecule has 0 saturated carbocycles. The molecule has 1 saturated heterocycles. The Labute approximate surface area is 74.3 Å². The monoisotopic (exact) mass is 167 g/mol. The van der Waals surface area contributed by atoms with Crippen molar-refractivity contribution in [1.82, 2.24) is 0 Å². The van der Waals surface area contributed by atoms with Crippen LogP contribution in [-0.2, 0) is 4.74 Å². The third-order valence-electron chi connectivity index (χ3n) is 2.31. The molecule has 68 valence electrons. The van der Waals surface area contributed by atoms with Crippen molar-refractivity contribution in [3.05, 3.63) is 12.8 Å². The van der Waals surface area contributed by atoms with Crippen LogP contribution in [0.1, 0.15) is 26.2 Å². The number of ether oxygens (including phenoxy) is 1. The maximum Gasteiger partial charge on any atom is 0.0472 e. The summed E-state index contributed by atoms with van der Waals surface area (Å²) in [6.07, 6.45) is 4.94. The smallest absolute Gasteiger partial charge is 0.0472 e. The molecule has 0 spiro atoms. The summed E-state index contributed by atoms with van der Waals surface area (Å²) in [6.45, 7) is 7.55. The summed E-state index contributed by atoms with van der Waals surface area (Å²) in [4.78, 5) is 4.29. The van der Waals surface area contributed by atoms with Crippen molar-refractivity contribution < 1.29 is 4.74 Å². The van der Waals surface area contributed by atoms with Crippen molar-refractivity contribution in [3.8, 4) is 0 Å². The van der Waals surface area contributed by atoms with Gasteiger partial charge in [0.15, 0.2) is 0 Å². The van der Waals surface area contributed by atoms with Gasteiger partial charge >= 0.3 is 0 Å². The van der Waals surface area contributed by atoms with E-state index in [4.69, 9.17) is 4.74 Å². The molecule has 0 radical (unpaired) electrons. The normalized spacial score (nSPS) is 20.9.